The van der Waals surface area contributed by atoms with Crippen LogP contribution in [-0.2, 0) is 0 Å². The summed E-state index contributed by atoms with van der Waals surface area (Å²) in [7, 11) is 1.59. The topological polar surface area (TPSA) is 68.3 Å². The van der Waals surface area contributed by atoms with Gasteiger partial charge in [0.25, 0.3) is 0 Å². The van der Waals surface area contributed by atoms with Gasteiger partial charge in [-0.25, -0.2) is 0 Å². The summed E-state index contributed by atoms with van der Waals surface area (Å²) in [6.45, 7) is 0.104. The normalized spacial score (nSPS) is 9.31. The number of nitrogens with one attached hydrogen (secondary N) is 1. The zero-order valence-corrected chi connectivity index (χ0v) is 7.41. The van der Waals surface area contributed by atoms with Crippen LogP contribution in [0.5, 0.6) is 11.5 Å². The molecule has 0 radical (unpaired) electrons. The Labute approximate surface area is 76.8 Å². The molecule has 0 fully saturated rings. The van der Waals surface area contributed by atoms with Gasteiger partial charge in [0.15, 0.2) is 0 Å². The zero-order chi connectivity index (χ0) is 9.68. The fourth-order valence-corrected chi connectivity index (χ4v) is 0.852. The van der Waals surface area contributed by atoms with Crippen LogP contribution in [0.25, 0.3) is 0 Å². The SMILES string of the molecule is COc1cccc(OCC(=N)N)c1. The Kier molecular flexibility index (Phi) is 3.14. The van der Waals surface area contributed by atoms with Gasteiger partial charge in [0, 0.05) is 6.07 Å². The van der Waals surface area contributed by atoms with E-state index in [9.17, 15) is 0 Å². The lowest BCUT2D eigenvalue weighted by Gasteiger charge is -2.05. The molecule has 1 rings (SSSR count). The summed E-state index contributed by atoms with van der Waals surface area (Å²) in [5.41, 5.74) is 5.14. The smallest absolute Gasteiger partial charge is 0.145 e. The van der Waals surface area contributed by atoms with E-state index in [1.807, 2.05) is 12.1 Å². The number of hydrogen-bond acceptors (Lipinski definition) is 3. The molecule has 0 aliphatic rings. The van der Waals surface area contributed by atoms with E-state index >= 15 is 0 Å². The van der Waals surface area contributed by atoms with Crippen molar-refractivity contribution in [2.75, 3.05) is 13.7 Å². The van der Waals surface area contributed by atoms with E-state index in [0.29, 0.717) is 5.75 Å². The Balaban J connectivity index is 2.61. The quantitative estimate of drug-likeness (QED) is 0.536. The van der Waals surface area contributed by atoms with E-state index in [4.69, 9.17) is 20.6 Å². The van der Waals surface area contributed by atoms with Crippen LogP contribution < -0.4 is 15.2 Å². The first kappa shape index (κ1) is 9.38. The highest BCUT2D eigenvalue weighted by Crippen LogP contribution is 2.18. The average Bonchev–Trinajstić information content (AvgIpc) is 2.15. The molecule has 0 amide bonds. The molecule has 70 valence electrons. The largest absolute Gasteiger partial charge is 0.497 e. The summed E-state index contributed by atoms with van der Waals surface area (Å²) in [5.74, 6) is 1.37. The number of nitrogens with two attached hydrogens (primary N) is 1. The van der Waals surface area contributed by atoms with Crippen molar-refractivity contribution in [3.05, 3.63) is 24.3 Å². The lowest BCUT2D eigenvalue weighted by molar-refractivity contribution is 0.367. The molecule has 13 heavy (non-hydrogen) atoms. The summed E-state index contributed by atoms with van der Waals surface area (Å²) < 4.78 is 10.2. The van der Waals surface area contributed by atoms with Crippen molar-refractivity contribution < 1.29 is 9.47 Å². The van der Waals surface area contributed by atoms with Crippen LogP contribution in [0, 0.1) is 5.41 Å². The highest BCUT2D eigenvalue weighted by molar-refractivity contribution is 5.78. The molecule has 1 aromatic carbocycles. The van der Waals surface area contributed by atoms with Gasteiger partial charge in [0.1, 0.15) is 23.9 Å². The molecule has 0 atom stereocenters. The molecule has 1 aromatic rings. The third-order valence-electron chi connectivity index (χ3n) is 1.44. The summed E-state index contributed by atoms with van der Waals surface area (Å²) in [4.78, 5) is 0. The van der Waals surface area contributed by atoms with Crippen LogP contribution in [0.1, 0.15) is 0 Å². The van der Waals surface area contributed by atoms with Crippen LogP contribution in [0.3, 0.4) is 0 Å². The van der Waals surface area contributed by atoms with E-state index in [1.165, 1.54) is 0 Å². The summed E-state index contributed by atoms with van der Waals surface area (Å²) in [6, 6.07) is 7.16. The Morgan fingerprint density at radius 2 is 2.15 bits per heavy atom. The van der Waals surface area contributed by atoms with Crippen molar-refractivity contribution in [3.8, 4) is 11.5 Å². The number of rotatable bonds is 4. The van der Waals surface area contributed by atoms with E-state index in [1.54, 1.807) is 19.2 Å². The molecule has 3 N–H and O–H groups in total. The zero-order valence-electron chi connectivity index (χ0n) is 7.41. The molecular formula is C9H12N2O2. The van der Waals surface area contributed by atoms with E-state index in [0.717, 1.165) is 5.75 Å². The second-order valence-electron chi connectivity index (χ2n) is 2.49. The van der Waals surface area contributed by atoms with Crippen molar-refractivity contribution in [3.63, 3.8) is 0 Å². The first-order chi connectivity index (χ1) is 6.22. The number of methoxy groups -OCH3 is 1. The van der Waals surface area contributed by atoms with Gasteiger partial charge in [0.2, 0.25) is 0 Å². The van der Waals surface area contributed by atoms with E-state index in [-0.39, 0.29) is 12.4 Å². The second-order valence-corrected chi connectivity index (χ2v) is 2.49. The van der Waals surface area contributed by atoms with Crippen molar-refractivity contribution in [1.29, 1.82) is 5.41 Å². The van der Waals surface area contributed by atoms with Crippen LogP contribution >= 0.6 is 0 Å². The molecule has 0 aromatic heterocycles. The lowest BCUT2D eigenvalue weighted by Crippen LogP contribution is -2.19. The number of amidine groups is 1. The van der Waals surface area contributed by atoms with Crippen LogP contribution in [0.15, 0.2) is 24.3 Å². The molecular weight excluding hydrogens is 168 g/mol. The first-order valence-corrected chi connectivity index (χ1v) is 3.82. The van der Waals surface area contributed by atoms with Gasteiger partial charge < -0.3 is 15.2 Å². The fourth-order valence-electron chi connectivity index (χ4n) is 0.852. The minimum atomic E-state index is 0.00261. The average molecular weight is 180 g/mol. The van der Waals surface area contributed by atoms with Gasteiger partial charge >= 0.3 is 0 Å². The molecule has 0 spiro atoms. The Bertz CT molecular complexity index is 299. The van der Waals surface area contributed by atoms with Crippen LogP contribution in [-0.4, -0.2) is 19.6 Å². The Hall–Kier alpha value is -1.71. The highest BCUT2D eigenvalue weighted by Gasteiger charge is 1.96. The van der Waals surface area contributed by atoms with Crippen molar-refractivity contribution in [2.45, 2.75) is 0 Å². The summed E-state index contributed by atoms with van der Waals surface area (Å²) in [6.07, 6.45) is 0. The molecule has 4 heteroatoms. The fraction of sp³-hybridized carbons (Fsp3) is 0.222. The molecule has 0 heterocycles. The Morgan fingerprint density at radius 1 is 1.46 bits per heavy atom. The van der Waals surface area contributed by atoms with Gasteiger partial charge in [-0.05, 0) is 12.1 Å². The minimum Gasteiger partial charge on any atom is -0.497 e. The summed E-state index contributed by atoms with van der Waals surface area (Å²) in [5, 5.41) is 6.96. The van der Waals surface area contributed by atoms with Crippen molar-refractivity contribution in [1.82, 2.24) is 0 Å². The molecule has 4 nitrogen and oxygen atoms in total. The number of hydrogen-bond donors (Lipinski definition) is 2. The van der Waals surface area contributed by atoms with Gasteiger partial charge in [-0.1, -0.05) is 6.07 Å². The molecule has 0 unspecified atom stereocenters. The monoisotopic (exact) mass is 180 g/mol. The Morgan fingerprint density at radius 3 is 2.77 bits per heavy atom. The molecule has 0 bridgehead atoms. The number of ether oxygens (including phenoxy) is 2. The third kappa shape index (κ3) is 3.02. The van der Waals surface area contributed by atoms with Crippen molar-refractivity contribution in [2.24, 2.45) is 5.73 Å². The molecule has 0 aliphatic heterocycles. The maximum atomic E-state index is 6.96. The maximum Gasteiger partial charge on any atom is 0.145 e. The van der Waals surface area contributed by atoms with Crippen molar-refractivity contribution >= 4 is 5.84 Å². The minimum absolute atomic E-state index is 0.00261. The lowest BCUT2D eigenvalue weighted by atomic mass is 10.3. The van der Waals surface area contributed by atoms with Gasteiger partial charge in [-0.2, -0.15) is 0 Å². The second kappa shape index (κ2) is 4.35. The van der Waals surface area contributed by atoms with E-state index < -0.39 is 0 Å². The van der Waals surface area contributed by atoms with Gasteiger partial charge in [-0.3, -0.25) is 5.41 Å². The third-order valence-corrected chi connectivity index (χ3v) is 1.44. The van der Waals surface area contributed by atoms with Gasteiger partial charge in [0.05, 0.1) is 7.11 Å². The van der Waals surface area contributed by atoms with Crippen LogP contribution in [0.4, 0.5) is 0 Å². The number of benzene rings is 1. The standard InChI is InChI=1S/C9H12N2O2/c1-12-7-3-2-4-8(5-7)13-6-9(10)11/h2-5H,6H2,1H3,(H3,10,11). The highest BCUT2D eigenvalue weighted by atomic mass is 16.5. The maximum absolute atomic E-state index is 6.96. The first-order valence-electron chi connectivity index (χ1n) is 3.82. The molecule has 0 aliphatic carbocycles. The van der Waals surface area contributed by atoms with Crippen LogP contribution in [0.2, 0.25) is 0 Å². The van der Waals surface area contributed by atoms with E-state index in [2.05, 4.69) is 0 Å². The summed E-state index contributed by atoms with van der Waals surface area (Å²) >= 11 is 0. The predicted octanol–water partition coefficient (Wildman–Crippen LogP) is 1.01. The predicted molar refractivity (Wildman–Crippen MR) is 50.4 cm³/mol. The molecule has 0 saturated carbocycles. The molecule has 0 saturated heterocycles. The van der Waals surface area contributed by atoms with Gasteiger partial charge in [-0.15, -0.1) is 0 Å².